The Kier molecular flexibility index (Phi) is 3.77. The van der Waals surface area contributed by atoms with Gasteiger partial charge in [-0.2, -0.15) is 4.98 Å². The van der Waals surface area contributed by atoms with Gasteiger partial charge in [-0.3, -0.25) is 4.98 Å². The minimum Gasteiger partial charge on any atom is -0.497 e. The van der Waals surface area contributed by atoms with Crippen molar-refractivity contribution >= 4 is 0 Å². The summed E-state index contributed by atoms with van der Waals surface area (Å²) < 4.78 is 15.8. The van der Waals surface area contributed by atoms with Crippen LogP contribution in [-0.4, -0.2) is 22.2 Å². The second-order valence-corrected chi connectivity index (χ2v) is 4.21. The molecule has 106 valence electrons. The van der Waals surface area contributed by atoms with Gasteiger partial charge in [-0.05, 0) is 36.4 Å². The van der Waals surface area contributed by atoms with Gasteiger partial charge in [-0.1, -0.05) is 5.16 Å². The Hall–Kier alpha value is -2.89. The van der Waals surface area contributed by atoms with Crippen LogP contribution in [0.4, 0.5) is 0 Å². The summed E-state index contributed by atoms with van der Waals surface area (Å²) in [6.45, 7) is 0.213. The van der Waals surface area contributed by atoms with Gasteiger partial charge in [0.1, 0.15) is 11.5 Å². The van der Waals surface area contributed by atoms with Gasteiger partial charge < -0.3 is 14.0 Å². The number of hydrogen-bond acceptors (Lipinski definition) is 6. The summed E-state index contributed by atoms with van der Waals surface area (Å²) in [5.41, 5.74) is 0.851. The molecule has 0 aliphatic heterocycles. The molecule has 0 N–H and O–H groups in total. The lowest BCUT2D eigenvalue weighted by Crippen LogP contribution is -1.95. The predicted molar refractivity (Wildman–Crippen MR) is 74.9 cm³/mol. The molecule has 0 amide bonds. The smallest absolute Gasteiger partial charge is 0.264 e. The van der Waals surface area contributed by atoms with Crippen LogP contribution in [0.25, 0.3) is 11.4 Å². The standard InChI is InChI=1S/C15H13N3O3/c1-19-12-2-4-13(5-3-12)20-10-14-17-15(18-21-14)11-6-8-16-9-7-11/h2-9H,10H2,1H3. The monoisotopic (exact) mass is 283 g/mol. The largest absolute Gasteiger partial charge is 0.497 e. The fourth-order valence-electron chi connectivity index (χ4n) is 1.75. The number of rotatable bonds is 5. The maximum atomic E-state index is 5.58. The van der Waals surface area contributed by atoms with Crippen molar-refractivity contribution in [2.45, 2.75) is 6.61 Å². The fraction of sp³-hybridized carbons (Fsp3) is 0.133. The summed E-state index contributed by atoms with van der Waals surface area (Å²) >= 11 is 0. The zero-order valence-corrected chi connectivity index (χ0v) is 11.4. The Bertz CT molecular complexity index is 696. The molecule has 0 radical (unpaired) electrons. The summed E-state index contributed by atoms with van der Waals surface area (Å²) in [5.74, 6) is 2.42. The van der Waals surface area contributed by atoms with Gasteiger partial charge in [-0.25, -0.2) is 0 Å². The molecule has 6 heteroatoms. The molecule has 0 unspecified atom stereocenters. The van der Waals surface area contributed by atoms with E-state index in [1.807, 2.05) is 36.4 Å². The van der Waals surface area contributed by atoms with Crippen molar-refractivity contribution in [1.29, 1.82) is 0 Å². The van der Waals surface area contributed by atoms with Crippen LogP contribution < -0.4 is 9.47 Å². The lowest BCUT2D eigenvalue weighted by Gasteiger charge is -2.04. The number of pyridine rings is 1. The first-order chi connectivity index (χ1) is 10.3. The molecule has 3 aromatic rings. The second-order valence-electron chi connectivity index (χ2n) is 4.21. The van der Waals surface area contributed by atoms with Crippen LogP contribution in [0, 0.1) is 0 Å². The highest BCUT2D eigenvalue weighted by Crippen LogP contribution is 2.19. The normalized spacial score (nSPS) is 10.3. The molecule has 2 heterocycles. The lowest BCUT2D eigenvalue weighted by atomic mass is 10.2. The van der Waals surface area contributed by atoms with Gasteiger partial charge in [0.15, 0.2) is 6.61 Å². The van der Waals surface area contributed by atoms with E-state index in [9.17, 15) is 0 Å². The van der Waals surface area contributed by atoms with Crippen molar-refractivity contribution in [2.75, 3.05) is 7.11 Å². The molecule has 6 nitrogen and oxygen atoms in total. The minimum atomic E-state index is 0.213. The Balaban J connectivity index is 1.64. The maximum Gasteiger partial charge on any atom is 0.264 e. The number of methoxy groups -OCH3 is 1. The Morgan fingerprint density at radius 3 is 2.43 bits per heavy atom. The van der Waals surface area contributed by atoms with E-state index >= 15 is 0 Å². The van der Waals surface area contributed by atoms with Gasteiger partial charge in [0, 0.05) is 18.0 Å². The zero-order valence-electron chi connectivity index (χ0n) is 11.4. The van der Waals surface area contributed by atoms with Gasteiger partial charge in [0.25, 0.3) is 5.89 Å². The van der Waals surface area contributed by atoms with Crippen molar-refractivity contribution in [3.63, 3.8) is 0 Å². The molecule has 3 rings (SSSR count). The highest BCUT2D eigenvalue weighted by molar-refractivity contribution is 5.52. The van der Waals surface area contributed by atoms with Crippen molar-refractivity contribution in [3.05, 3.63) is 54.7 Å². The first-order valence-electron chi connectivity index (χ1n) is 6.35. The topological polar surface area (TPSA) is 70.3 Å². The van der Waals surface area contributed by atoms with Crippen molar-refractivity contribution in [1.82, 2.24) is 15.1 Å². The Morgan fingerprint density at radius 1 is 1.00 bits per heavy atom. The van der Waals surface area contributed by atoms with Crippen LogP contribution in [0.15, 0.2) is 53.3 Å². The highest BCUT2D eigenvalue weighted by atomic mass is 16.5. The maximum absolute atomic E-state index is 5.58. The van der Waals surface area contributed by atoms with Gasteiger partial charge in [-0.15, -0.1) is 0 Å². The van der Waals surface area contributed by atoms with Crippen LogP contribution in [0.1, 0.15) is 5.89 Å². The molecule has 0 aliphatic carbocycles. The van der Waals surface area contributed by atoms with Gasteiger partial charge in [0.05, 0.1) is 7.11 Å². The SMILES string of the molecule is COc1ccc(OCc2nc(-c3ccncc3)no2)cc1. The summed E-state index contributed by atoms with van der Waals surface area (Å²) in [6.07, 6.45) is 3.36. The third-order valence-corrected chi connectivity index (χ3v) is 2.83. The average molecular weight is 283 g/mol. The van der Waals surface area contributed by atoms with Gasteiger partial charge >= 0.3 is 0 Å². The molecule has 21 heavy (non-hydrogen) atoms. The van der Waals surface area contributed by atoms with E-state index in [4.69, 9.17) is 14.0 Å². The molecule has 0 atom stereocenters. The molecular weight excluding hydrogens is 270 g/mol. The summed E-state index contributed by atoms with van der Waals surface area (Å²) in [5, 5.41) is 3.91. The number of benzene rings is 1. The summed E-state index contributed by atoms with van der Waals surface area (Å²) in [7, 11) is 1.62. The molecule has 0 bridgehead atoms. The molecule has 0 aliphatic rings. The number of aromatic nitrogens is 3. The van der Waals surface area contributed by atoms with E-state index in [2.05, 4.69) is 15.1 Å². The third kappa shape index (κ3) is 3.17. The van der Waals surface area contributed by atoms with Crippen molar-refractivity contribution in [2.24, 2.45) is 0 Å². The van der Waals surface area contributed by atoms with E-state index in [0.717, 1.165) is 11.3 Å². The molecule has 2 aromatic heterocycles. The molecule has 0 fully saturated rings. The van der Waals surface area contributed by atoms with Gasteiger partial charge in [0.2, 0.25) is 5.82 Å². The highest BCUT2D eigenvalue weighted by Gasteiger charge is 2.08. The second kappa shape index (κ2) is 6.04. The number of nitrogens with zero attached hydrogens (tertiary/aromatic N) is 3. The average Bonchev–Trinajstić information content (AvgIpc) is 3.03. The quantitative estimate of drug-likeness (QED) is 0.717. The van der Waals surface area contributed by atoms with Crippen molar-refractivity contribution in [3.8, 4) is 22.9 Å². The fourth-order valence-corrected chi connectivity index (χ4v) is 1.75. The minimum absolute atomic E-state index is 0.213. The van der Waals surface area contributed by atoms with Crippen LogP contribution >= 0.6 is 0 Å². The summed E-state index contributed by atoms with van der Waals surface area (Å²) in [6, 6.07) is 10.9. The summed E-state index contributed by atoms with van der Waals surface area (Å²) in [4.78, 5) is 8.22. The lowest BCUT2D eigenvalue weighted by molar-refractivity contribution is 0.242. The Labute approximate surface area is 121 Å². The first-order valence-corrected chi connectivity index (χ1v) is 6.35. The Morgan fingerprint density at radius 2 is 1.71 bits per heavy atom. The molecular formula is C15H13N3O3. The van der Waals surface area contributed by atoms with E-state index in [-0.39, 0.29) is 6.61 Å². The molecule has 1 aromatic carbocycles. The van der Waals surface area contributed by atoms with E-state index in [1.165, 1.54) is 0 Å². The van der Waals surface area contributed by atoms with E-state index in [1.54, 1.807) is 19.5 Å². The van der Waals surface area contributed by atoms with Crippen LogP contribution in [0.3, 0.4) is 0 Å². The molecule has 0 saturated carbocycles. The predicted octanol–water partition coefficient (Wildman–Crippen LogP) is 2.72. The molecule has 0 saturated heterocycles. The van der Waals surface area contributed by atoms with E-state index < -0.39 is 0 Å². The van der Waals surface area contributed by atoms with Crippen LogP contribution in [0.5, 0.6) is 11.5 Å². The molecule has 0 spiro atoms. The third-order valence-electron chi connectivity index (χ3n) is 2.83. The number of hydrogen-bond donors (Lipinski definition) is 0. The first kappa shape index (κ1) is 13.1. The van der Waals surface area contributed by atoms with Crippen molar-refractivity contribution < 1.29 is 14.0 Å². The van der Waals surface area contributed by atoms with Crippen LogP contribution in [-0.2, 0) is 6.61 Å². The van der Waals surface area contributed by atoms with Crippen LogP contribution in [0.2, 0.25) is 0 Å². The zero-order chi connectivity index (χ0) is 14.5. The number of ether oxygens (including phenoxy) is 2. The van der Waals surface area contributed by atoms with E-state index in [0.29, 0.717) is 17.5 Å².